The van der Waals surface area contributed by atoms with E-state index >= 15 is 0 Å². The number of methoxy groups -OCH3 is 1. The largest absolute Gasteiger partial charge is 0.375 e. The van der Waals surface area contributed by atoms with Gasteiger partial charge in [0.1, 0.15) is 12.8 Å². The minimum atomic E-state index is -0.724. The normalized spacial score (nSPS) is 27.2. The third kappa shape index (κ3) is 3.81. The van der Waals surface area contributed by atoms with Gasteiger partial charge in [0, 0.05) is 19.4 Å². The molecule has 1 saturated heterocycles. The first-order valence-electron chi connectivity index (χ1n) is 9.31. The van der Waals surface area contributed by atoms with E-state index in [-0.39, 0.29) is 6.73 Å². The molecular formula is C20H27N3O5. The molecule has 3 rings (SSSR count). The Morgan fingerprint density at radius 1 is 1.21 bits per heavy atom. The van der Waals surface area contributed by atoms with Crippen molar-refractivity contribution in [2.24, 2.45) is 5.73 Å². The van der Waals surface area contributed by atoms with E-state index in [1.807, 2.05) is 44.2 Å². The van der Waals surface area contributed by atoms with Crippen LogP contribution in [0.25, 0.3) is 0 Å². The van der Waals surface area contributed by atoms with E-state index in [0.29, 0.717) is 13.0 Å². The summed E-state index contributed by atoms with van der Waals surface area (Å²) >= 11 is 0. The fourth-order valence-electron chi connectivity index (χ4n) is 3.42. The standard InChI is InChI=1S/C20H27N3O5/c1-4-20(2)17(21)16(26-3)18(28-20)22-11-10-15(24)23(19(22)25)13-27-12-14-8-6-5-7-9-14/h5-11,16-18H,4,12-13,21H2,1-3H3/t16-,17+,18-,20-/m1/s1. The lowest BCUT2D eigenvalue weighted by molar-refractivity contribution is -0.0909. The number of aromatic nitrogens is 2. The second-order valence-corrected chi connectivity index (χ2v) is 7.14. The Balaban J connectivity index is 1.84. The molecule has 1 aliphatic heterocycles. The first kappa shape index (κ1) is 20.5. The highest BCUT2D eigenvalue weighted by Crippen LogP contribution is 2.38. The van der Waals surface area contributed by atoms with E-state index in [2.05, 4.69) is 0 Å². The van der Waals surface area contributed by atoms with Gasteiger partial charge in [-0.2, -0.15) is 0 Å². The van der Waals surface area contributed by atoms with Gasteiger partial charge in [-0.05, 0) is 18.9 Å². The van der Waals surface area contributed by atoms with Gasteiger partial charge in [-0.25, -0.2) is 9.36 Å². The molecule has 2 heterocycles. The lowest BCUT2D eigenvalue weighted by Gasteiger charge is -2.26. The highest BCUT2D eigenvalue weighted by atomic mass is 16.6. The number of hydrogen-bond donors (Lipinski definition) is 1. The van der Waals surface area contributed by atoms with Gasteiger partial charge in [-0.15, -0.1) is 0 Å². The zero-order valence-corrected chi connectivity index (χ0v) is 16.4. The number of hydrogen-bond acceptors (Lipinski definition) is 6. The Kier molecular flexibility index (Phi) is 6.14. The van der Waals surface area contributed by atoms with Crippen molar-refractivity contribution in [1.82, 2.24) is 9.13 Å². The first-order chi connectivity index (χ1) is 13.4. The van der Waals surface area contributed by atoms with Crippen LogP contribution in [0.4, 0.5) is 0 Å². The minimum Gasteiger partial charge on any atom is -0.375 e. The molecule has 0 saturated carbocycles. The summed E-state index contributed by atoms with van der Waals surface area (Å²) in [6.45, 7) is 4.00. The van der Waals surface area contributed by atoms with Gasteiger partial charge in [0.05, 0.1) is 18.2 Å². The van der Waals surface area contributed by atoms with Crippen molar-refractivity contribution in [1.29, 1.82) is 0 Å². The fraction of sp³-hybridized carbons (Fsp3) is 0.500. The van der Waals surface area contributed by atoms with Crippen LogP contribution in [-0.4, -0.2) is 34.0 Å². The number of ether oxygens (including phenoxy) is 3. The van der Waals surface area contributed by atoms with Crippen molar-refractivity contribution in [2.45, 2.75) is 57.6 Å². The van der Waals surface area contributed by atoms with E-state index in [1.54, 1.807) is 0 Å². The highest BCUT2D eigenvalue weighted by Gasteiger charge is 2.51. The molecule has 0 spiro atoms. The quantitative estimate of drug-likeness (QED) is 0.765. The van der Waals surface area contributed by atoms with E-state index in [9.17, 15) is 9.59 Å². The maximum Gasteiger partial charge on any atom is 0.335 e. The van der Waals surface area contributed by atoms with E-state index in [4.69, 9.17) is 19.9 Å². The molecule has 2 aromatic rings. The molecule has 1 aromatic heterocycles. The van der Waals surface area contributed by atoms with Crippen LogP contribution >= 0.6 is 0 Å². The van der Waals surface area contributed by atoms with Crippen LogP contribution < -0.4 is 17.0 Å². The predicted molar refractivity (Wildman–Crippen MR) is 104 cm³/mol. The van der Waals surface area contributed by atoms with Crippen LogP contribution in [0.3, 0.4) is 0 Å². The summed E-state index contributed by atoms with van der Waals surface area (Å²) in [5.41, 5.74) is 5.67. The van der Waals surface area contributed by atoms with Crippen LogP contribution in [0, 0.1) is 0 Å². The highest BCUT2D eigenvalue weighted by molar-refractivity contribution is 5.13. The average Bonchev–Trinajstić information content (AvgIpc) is 2.96. The maximum absolute atomic E-state index is 13.0. The van der Waals surface area contributed by atoms with Gasteiger partial charge in [-0.1, -0.05) is 37.3 Å². The molecule has 0 aliphatic carbocycles. The van der Waals surface area contributed by atoms with Crippen LogP contribution in [0.15, 0.2) is 52.2 Å². The number of rotatable bonds is 7. The Morgan fingerprint density at radius 2 is 1.93 bits per heavy atom. The molecule has 8 heteroatoms. The first-order valence-corrected chi connectivity index (χ1v) is 9.31. The van der Waals surface area contributed by atoms with Crippen LogP contribution in [-0.2, 0) is 27.5 Å². The Labute approximate surface area is 163 Å². The molecule has 2 N–H and O–H groups in total. The molecule has 0 radical (unpaired) electrons. The molecule has 8 nitrogen and oxygen atoms in total. The van der Waals surface area contributed by atoms with Gasteiger partial charge in [-0.3, -0.25) is 9.36 Å². The maximum atomic E-state index is 13.0. The monoisotopic (exact) mass is 389 g/mol. The van der Waals surface area contributed by atoms with Crippen molar-refractivity contribution in [3.05, 3.63) is 69.0 Å². The Bertz CT molecular complexity index is 910. The average molecular weight is 389 g/mol. The molecule has 0 amide bonds. The van der Waals surface area contributed by atoms with Crippen molar-refractivity contribution < 1.29 is 14.2 Å². The summed E-state index contributed by atoms with van der Waals surface area (Å²) in [5.74, 6) is 0. The third-order valence-corrected chi connectivity index (χ3v) is 5.41. The van der Waals surface area contributed by atoms with E-state index < -0.39 is 35.2 Å². The fourth-order valence-corrected chi connectivity index (χ4v) is 3.42. The van der Waals surface area contributed by atoms with Gasteiger partial charge in [0.15, 0.2) is 6.23 Å². The molecule has 0 bridgehead atoms. The van der Waals surface area contributed by atoms with Gasteiger partial charge < -0.3 is 19.9 Å². The second-order valence-electron chi connectivity index (χ2n) is 7.14. The lowest BCUT2D eigenvalue weighted by atomic mass is 9.93. The Morgan fingerprint density at radius 3 is 2.57 bits per heavy atom. The zero-order valence-electron chi connectivity index (χ0n) is 16.4. The molecule has 1 aromatic carbocycles. The summed E-state index contributed by atoms with van der Waals surface area (Å²) in [6.07, 6.45) is 0.847. The SMILES string of the molecule is CC[C@@]1(C)O[C@@H](n2ccc(=O)n(COCc3ccccc3)c2=O)[C@H](OC)[C@@H]1N. The molecular weight excluding hydrogens is 362 g/mol. The number of nitrogens with two attached hydrogens (primary N) is 1. The van der Waals surface area contributed by atoms with Gasteiger partial charge >= 0.3 is 5.69 Å². The summed E-state index contributed by atoms with van der Waals surface area (Å²) in [6, 6.07) is 10.4. The molecule has 1 aliphatic rings. The summed E-state index contributed by atoms with van der Waals surface area (Å²) < 4.78 is 19.6. The number of nitrogens with zero attached hydrogens (tertiary/aromatic N) is 2. The van der Waals surface area contributed by atoms with Gasteiger partial charge in [0.25, 0.3) is 5.56 Å². The summed E-state index contributed by atoms with van der Waals surface area (Å²) in [4.78, 5) is 25.2. The van der Waals surface area contributed by atoms with Crippen molar-refractivity contribution in [2.75, 3.05) is 7.11 Å². The molecule has 1 fully saturated rings. The second kappa shape index (κ2) is 8.40. The van der Waals surface area contributed by atoms with Gasteiger partial charge in [0.2, 0.25) is 0 Å². The minimum absolute atomic E-state index is 0.158. The molecule has 152 valence electrons. The van der Waals surface area contributed by atoms with E-state index in [1.165, 1.54) is 23.9 Å². The zero-order chi connectivity index (χ0) is 20.3. The smallest absolute Gasteiger partial charge is 0.335 e. The van der Waals surface area contributed by atoms with Crippen LogP contribution in [0.5, 0.6) is 0 Å². The van der Waals surface area contributed by atoms with Crippen molar-refractivity contribution in [3.8, 4) is 0 Å². The van der Waals surface area contributed by atoms with Crippen LogP contribution in [0.1, 0.15) is 32.1 Å². The Hall–Kier alpha value is -2.26. The lowest BCUT2D eigenvalue weighted by Crippen LogP contribution is -2.48. The summed E-state index contributed by atoms with van der Waals surface area (Å²) in [5, 5.41) is 0. The van der Waals surface area contributed by atoms with E-state index in [0.717, 1.165) is 10.1 Å². The van der Waals surface area contributed by atoms with Crippen LogP contribution in [0.2, 0.25) is 0 Å². The number of benzene rings is 1. The van der Waals surface area contributed by atoms with Crippen molar-refractivity contribution in [3.63, 3.8) is 0 Å². The third-order valence-electron chi connectivity index (χ3n) is 5.41. The molecule has 0 unspecified atom stereocenters. The van der Waals surface area contributed by atoms with Crippen molar-refractivity contribution >= 4 is 0 Å². The molecule has 4 atom stereocenters. The summed E-state index contributed by atoms with van der Waals surface area (Å²) in [7, 11) is 1.53. The predicted octanol–water partition coefficient (Wildman–Crippen LogP) is 1.22. The molecule has 28 heavy (non-hydrogen) atoms. The topological polar surface area (TPSA) is 97.7 Å².